The van der Waals surface area contributed by atoms with Gasteiger partial charge in [0.25, 0.3) is 0 Å². The Kier molecular flexibility index (Phi) is 7.61. The third kappa shape index (κ3) is 5.47. The first-order valence-corrected chi connectivity index (χ1v) is 7.99. The molecule has 0 spiro atoms. The van der Waals surface area contributed by atoms with E-state index < -0.39 is 0 Å². The van der Waals surface area contributed by atoms with Gasteiger partial charge in [0, 0.05) is 63.6 Å². The molecule has 3 nitrogen and oxygen atoms in total. The Hall–Kier alpha value is 0.230. The minimum Gasteiger partial charge on any atom is -0.300 e. The van der Waals surface area contributed by atoms with Crippen LogP contribution in [0.3, 0.4) is 0 Å². The largest absolute Gasteiger partial charge is 0.300 e. The van der Waals surface area contributed by atoms with E-state index in [2.05, 4.69) is 55.0 Å². The molecule has 1 saturated heterocycles. The maximum Gasteiger partial charge on any atom is 0.0113 e. The van der Waals surface area contributed by atoms with E-state index in [1.54, 1.807) is 0 Å². The van der Waals surface area contributed by atoms with Gasteiger partial charge in [-0.3, -0.25) is 14.7 Å². The first-order chi connectivity index (χ1) is 8.54. The molecule has 1 heterocycles. The molecule has 1 aliphatic rings. The van der Waals surface area contributed by atoms with Crippen molar-refractivity contribution in [3.63, 3.8) is 0 Å². The van der Waals surface area contributed by atoms with Crippen LogP contribution in [-0.4, -0.2) is 78.3 Å². The van der Waals surface area contributed by atoms with Crippen LogP contribution in [0.15, 0.2) is 0 Å². The maximum absolute atomic E-state index is 4.38. The van der Waals surface area contributed by atoms with Crippen molar-refractivity contribution in [3.8, 4) is 0 Å². The van der Waals surface area contributed by atoms with Crippen LogP contribution < -0.4 is 0 Å². The SMILES string of the molecule is CC(C)N1CCN(CCS)CCN(C(C)C)CC1. The van der Waals surface area contributed by atoms with Crippen molar-refractivity contribution in [2.45, 2.75) is 39.8 Å². The van der Waals surface area contributed by atoms with Gasteiger partial charge < -0.3 is 0 Å². The molecule has 18 heavy (non-hydrogen) atoms. The molecule has 1 fully saturated rings. The Bertz CT molecular complexity index is 201. The Morgan fingerprint density at radius 3 is 1.50 bits per heavy atom. The lowest BCUT2D eigenvalue weighted by Crippen LogP contribution is -2.41. The standard InChI is InChI=1S/C14H31N3S/c1-13(2)16-7-5-15(11-12-18)6-8-17(10-9-16)14(3)4/h13-14,18H,5-12H2,1-4H3. The van der Waals surface area contributed by atoms with Crippen LogP contribution >= 0.6 is 12.6 Å². The van der Waals surface area contributed by atoms with Gasteiger partial charge in [0.1, 0.15) is 0 Å². The zero-order chi connectivity index (χ0) is 13.5. The van der Waals surface area contributed by atoms with Crippen molar-refractivity contribution in [1.29, 1.82) is 0 Å². The second-order valence-corrected chi connectivity index (χ2v) is 6.27. The zero-order valence-electron chi connectivity index (χ0n) is 12.6. The minimum absolute atomic E-state index is 0.648. The fourth-order valence-electron chi connectivity index (χ4n) is 2.53. The van der Waals surface area contributed by atoms with Gasteiger partial charge in [0.2, 0.25) is 0 Å². The fraction of sp³-hybridized carbons (Fsp3) is 1.00. The summed E-state index contributed by atoms with van der Waals surface area (Å²) in [5.74, 6) is 0.962. The molecule has 4 heteroatoms. The van der Waals surface area contributed by atoms with E-state index in [-0.39, 0.29) is 0 Å². The smallest absolute Gasteiger partial charge is 0.0113 e. The number of hydrogen-bond acceptors (Lipinski definition) is 4. The fourth-order valence-corrected chi connectivity index (χ4v) is 2.81. The summed E-state index contributed by atoms with van der Waals surface area (Å²) in [5.41, 5.74) is 0. The topological polar surface area (TPSA) is 9.72 Å². The van der Waals surface area contributed by atoms with Crippen molar-refractivity contribution >= 4 is 12.6 Å². The molecule has 0 aliphatic carbocycles. The Labute approximate surface area is 119 Å². The molecule has 0 bridgehead atoms. The Balaban J connectivity index is 2.62. The van der Waals surface area contributed by atoms with Gasteiger partial charge in [0.05, 0.1) is 0 Å². The molecule has 0 aromatic carbocycles. The summed E-state index contributed by atoms with van der Waals surface area (Å²) in [6.07, 6.45) is 0. The van der Waals surface area contributed by atoms with Crippen molar-refractivity contribution in [3.05, 3.63) is 0 Å². The highest BCUT2D eigenvalue weighted by Crippen LogP contribution is 2.06. The lowest BCUT2D eigenvalue weighted by molar-refractivity contribution is 0.169. The summed E-state index contributed by atoms with van der Waals surface area (Å²) in [4.78, 5) is 7.77. The highest BCUT2D eigenvalue weighted by molar-refractivity contribution is 7.80. The van der Waals surface area contributed by atoms with Crippen LogP contribution in [-0.2, 0) is 0 Å². The highest BCUT2D eigenvalue weighted by Gasteiger charge is 2.18. The van der Waals surface area contributed by atoms with Gasteiger partial charge in [-0.25, -0.2) is 0 Å². The molecule has 1 rings (SSSR count). The predicted molar refractivity (Wildman–Crippen MR) is 83.7 cm³/mol. The van der Waals surface area contributed by atoms with Gasteiger partial charge in [-0.15, -0.1) is 0 Å². The summed E-state index contributed by atoms with van der Waals surface area (Å²) < 4.78 is 0. The van der Waals surface area contributed by atoms with Gasteiger partial charge in [-0.2, -0.15) is 12.6 Å². The second kappa shape index (κ2) is 8.41. The van der Waals surface area contributed by atoms with Crippen molar-refractivity contribution in [1.82, 2.24) is 14.7 Å². The lowest BCUT2D eigenvalue weighted by Gasteiger charge is -2.30. The molecule has 0 amide bonds. The van der Waals surface area contributed by atoms with E-state index in [0.29, 0.717) is 12.1 Å². The van der Waals surface area contributed by atoms with Crippen LogP contribution in [0, 0.1) is 0 Å². The van der Waals surface area contributed by atoms with E-state index in [1.165, 1.54) is 39.3 Å². The minimum atomic E-state index is 0.648. The summed E-state index contributed by atoms with van der Waals surface area (Å²) in [6, 6.07) is 1.30. The number of hydrogen-bond donors (Lipinski definition) is 1. The highest BCUT2D eigenvalue weighted by atomic mass is 32.1. The van der Waals surface area contributed by atoms with Crippen molar-refractivity contribution in [2.75, 3.05) is 51.6 Å². The zero-order valence-corrected chi connectivity index (χ0v) is 13.5. The van der Waals surface area contributed by atoms with E-state index in [9.17, 15) is 0 Å². The van der Waals surface area contributed by atoms with Gasteiger partial charge >= 0.3 is 0 Å². The number of rotatable bonds is 4. The third-order valence-electron chi connectivity index (χ3n) is 3.96. The number of nitrogens with zero attached hydrogens (tertiary/aromatic N) is 3. The van der Waals surface area contributed by atoms with Crippen molar-refractivity contribution < 1.29 is 0 Å². The average Bonchev–Trinajstić information content (AvgIpc) is 2.40. The molecule has 0 atom stereocenters. The monoisotopic (exact) mass is 273 g/mol. The molecule has 0 N–H and O–H groups in total. The predicted octanol–water partition coefficient (Wildman–Crippen LogP) is 1.65. The molecular weight excluding hydrogens is 242 g/mol. The van der Waals surface area contributed by atoms with E-state index in [1.807, 2.05) is 0 Å². The summed E-state index contributed by atoms with van der Waals surface area (Å²) in [5, 5.41) is 0. The van der Waals surface area contributed by atoms with Crippen LogP contribution in [0.2, 0.25) is 0 Å². The molecule has 0 saturated carbocycles. The number of thiol groups is 1. The summed E-state index contributed by atoms with van der Waals surface area (Å²) in [7, 11) is 0. The van der Waals surface area contributed by atoms with E-state index >= 15 is 0 Å². The Morgan fingerprint density at radius 2 is 1.17 bits per heavy atom. The molecular formula is C14H31N3S. The molecule has 0 unspecified atom stereocenters. The summed E-state index contributed by atoms with van der Waals surface area (Å²) in [6.45, 7) is 17.5. The van der Waals surface area contributed by atoms with Crippen LogP contribution in [0.1, 0.15) is 27.7 Å². The van der Waals surface area contributed by atoms with Crippen LogP contribution in [0.4, 0.5) is 0 Å². The van der Waals surface area contributed by atoms with Crippen LogP contribution in [0.25, 0.3) is 0 Å². The van der Waals surface area contributed by atoms with Gasteiger partial charge in [-0.05, 0) is 27.7 Å². The van der Waals surface area contributed by atoms with Crippen molar-refractivity contribution in [2.24, 2.45) is 0 Å². The maximum atomic E-state index is 4.38. The normalized spacial score (nSPS) is 22.2. The first-order valence-electron chi connectivity index (χ1n) is 7.36. The molecule has 0 aromatic rings. The van der Waals surface area contributed by atoms with E-state index in [4.69, 9.17) is 0 Å². The second-order valence-electron chi connectivity index (χ2n) is 5.82. The molecule has 1 aliphatic heterocycles. The van der Waals surface area contributed by atoms with Gasteiger partial charge in [0.15, 0.2) is 0 Å². The lowest BCUT2D eigenvalue weighted by atomic mass is 10.3. The molecule has 108 valence electrons. The first kappa shape index (κ1) is 16.3. The van der Waals surface area contributed by atoms with Gasteiger partial charge in [-0.1, -0.05) is 0 Å². The van der Waals surface area contributed by atoms with Crippen LogP contribution in [0.5, 0.6) is 0 Å². The molecule has 0 radical (unpaired) electrons. The average molecular weight is 273 g/mol. The Morgan fingerprint density at radius 1 is 0.778 bits per heavy atom. The quantitative estimate of drug-likeness (QED) is 0.781. The summed E-state index contributed by atoms with van der Waals surface area (Å²) >= 11 is 4.38. The van der Waals surface area contributed by atoms with E-state index in [0.717, 1.165) is 12.3 Å². The third-order valence-corrected chi connectivity index (χ3v) is 4.16. The molecule has 0 aromatic heterocycles.